The molecule has 1 heterocycles. The standard InChI is InChI=1S/C11H8ClFN2O4S2/c12-8-4-7(1-2-9(8)13)21(18,19)15-11-14-6(5-20-11)3-10(16)17/h1-2,4-5H,3H2,(H,14,15)(H,16,17). The summed E-state index contributed by atoms with van der Waals surface area (Å²) in [6, 6.07) is 2.98. The second kappa shape index (κ2) is 5.96. The van der Waals surface area contributed by atoms with Crippen LogP contribution in [0.15, 0.2) is 28.5 Å². The van der Waals surface area contributed by atoms with Crippen LogP contribution in [0.5, 0.6) is 0 Å². The molecule has 0 saturated heterocycles. The molecule has 0 fully saturated rings. The number of nitrogens with zero attached hydrogens (tertiary/aromatic N) is 1. The highest BCUT2D eigenvalue weighted by Crippen LogP contribution is 2.23. The Bertz CT molecular complexity index is 791. The fraction of sp³-hybridized carbons (Fsp3) is 0.0909. The van der Waals surface area contributed by atoms with Crippen LogP contribution in [0.25, 0.3) is 0 Å². The number of anilines is 1. The minimum absolute atomic E-state index is 0.0201. The number of benzene rings is 1. The lowest BCUT2D eigenvalue weighted by molar-refractivity contribution is -0.136. The summed E-state index contributed by atoms with van der Waals surface area (Å²) >= 11 is 6.49. The van der Waals surface area contributed by atoms with Crippen LogP contribution in [0.2, 0.25) is 5.02 Å². The quantitative estimate of drug-likeness (QED) is 0.862. The largest absolute Gasteiger partial charge is 0.481 e. The van der Waals surface area contributed by atoms with Crippen LogP contribution in [-0.2, 0) is 21.2 Å². The summed E-state index contributed by atoms with van der Waals surface area (Å²) < 4.78 is 39.3. The van der Waals surface area contributed by atoms with Crippen LogP contribution in [0.1, 0.15) is 5.69 Å². The number of hydrogen-bond donors (Lipinski definition) is 2. The molecule has 1 aromatic carbocycles. The van der Waals surface area contributed by atoms with E-state index in [1.807, 2.05) is 0 Å². The van der Waals surface area contributed by atoms with E-state index in [2.05, 4.69) is 9.71 Å². The molecule has 0 aliphatic carbocycles. The van der Waals surface area contributed by atoms with Gasteiger partial charge in [-0.3, -0.25) is 9.52 Å². The highest BCUT2D eigenvalue weighted by molar-refractivity contribution is 7.93. The molecule has 0 radical (unpaired) electrons. The number of carboxylic acids is 1. The van der Waals surface area contributed by atoms with Crippen molar-refractivity contribution in [2.24, 2.45) is 0 Å². The van der Waals surface area contributed by atoms with Gasteiger partial charge in [0.1, 0.15) is 5.82 Å². The number of nitrogens with one attached hydrogen (secondary N) is 1. The first kappa shape index (κ1) is 15.7. The van der Waals surface area contributed by atoms with Crippen molar-refractivity contribution in [3.63, 3.8) is 0 Å². The van der Waals surface area contributed by atoms with Crippen molar-refractivity contribution >= 4 is 44.1 Å². The average Bonchev–Trinajstić information content (AvgIpc) is 2.78. The number of thiazole rings is 1. The van der Waals surface area contributed by atoms with Gasteiger partial charge in [0.05, 0.1) is 22.0 Å². The molecule has 0 spiro atoms. The first-order valence-electron chi connectivity index (χ1n) is 5.42. The number of halogens is 2. The minimum Gasteiger partial charge on any atom is -0.481 e. The minimum atomic E-state index is -3.97. The predicted octanol–water partition coefficient (Wildman–Crippen LogP) is 2.36. The maximum absolute atomic E-state index is 13.0. The summed E-state index contributed by atoms with van der Waals surface area (Å²) in [4.78, 5) is 14.2. The Morgan fingerprint density at radius 1 is 1.48 bits per heavy atom. The van der Waals surface area contributed by atoms with Gasteiger partial charge in [0, 0.05) is 5.38 Å². The van der Waals surface area contributed by atoms with Crippen LogP contribution in [0, 0.1) is 5.82 Å². The van der Waals surface area contributed by atoms with Gasteiger partial charge in [0.2, 0.25) is 0 Å². The lowest BCUT2D eigenvalue weighted by Crippen LogP contribution is -2.13. The van der Waals surface area contributed by atoms with Gasteiger partial charge >= 0.3 is 5.97 Å². The summed E-state index contributed by atoms with van der Waals surface area (Å²) in [6.07, 6.45) is -0.305. The van der Waals surface area contributed by atoms with E-state index in [4.69, 9.17) is 16.7 Å². The van der Waals surface area contributed by atoms with E-state index >= 15 is 0 Å². The maximum atomic E-state index is 13.0. The lowest BCUT2D eigenvalue weighted by Gasteiger charge is -2.05. The average molecular weight is 351 g/mol. The summed E-state index contributed by atoms with van der Waals surface area (Å²) in [5.74, 6) is -1.80. The van der Waals surface area contributed by atoms with E-state index in [1.54, 1.807) is 0 Å². The molecule has 0 aliphatic heterocycles. The van der Waals surface area contributed by atoms with Gasteiger partial charge in [-0.15, -0.1) is 11.3 Å². The molecule has 0 unspecified atom stereocenters. The molecule has 1 aromatic heterocycles. The van der Waals surface area contributed by atoms with E-state index < -0.39 is 21.8 Å². The van der Waals surface area contributed by atoms with Gasteiger partial charge in [0.25, 0.3) is 10.0 Å². The molecule has 21 heavy (non-hydrogen) atoms. The SMILES string of the molecule is O=C(O)Cc1csc(NS(=O)(=O)c2ccc(F)c(Cl)c2)n1. The Kier molecular flexibility index (Phi) is 4.45. The van der Waals surface area contributed by atoms with Crippen LogP contribution in [0.4, 0.5) is 9.52 Å². The highest BCUT2D eigenvalue weighted by Gasteiger charge is 2.18. The molecular weight excluding hydrogens is 343 g/mol. The molecule has 6 nitrogen and oxygen atoms in total. The number of hydrogen-bond acceptors (Lipinski definition) is 5. The Balaban J connectivity index is 2.22. The number of aromatic nitrogens is 1. The van der Waals surface area contributed by atoms with Crippen molar-refractivity contribution < 1.29 is 22.7 Å². The van der Waals surface area contributed by atoms with E-state index in [-0.39, 0.29) is 27.2 Å². The Hall–Kier alpha value is -1.71. The molecule has 0 atom stereocenters. The summed E-state index contributed by atoms with van der Waals surface area (Å²) in [5.41, 5.74) is 0.238. The molecular formula is C11H8ClFN2O4S2. The normalized spacial score (nSPS) is 11.3. The summed E-state index contributed by atoms with van der Waals surface area (Å²) in [5, 5.41) is 9.76. The molecule has 0 saturated carbocycles. The van der Waals surface area contributed by atoms with Gasteiger partial charge in [0.15, 0.2) is 5.13 Å². The molecule has 0 aliphatic rings. The van der Waals surface area contributed by atoms with Crippen molar-refractivity contribution in [2.75, 3.05) is 4.72 Å². The number of carboxylic acid groups (broad SMARTS) is 1. The van der Waals surface area contributed by atoms with Crippen molar-refractivity contribution in [3.8, 4) is 0 Å². The predicted molar refractivity (Wildman–Crippen MR) is 75.7 cm³/mol. The first-order valence-corrected chi connectivity index (χ1v) is 8.16. The van der Waals surface area contributed by atoms with E-state index in [0.717, 1.165) is 29.5 Å². The van der Waals surface area contributed by atoms with E-state index in [0.29, 0.717) is 0 Å². The van der Waals surface area contributed by atoms with Crippen LogP contribution in [-0.4, -0.2) is 24.5 Å². The molecule has 112 valence electrons. The second-order valence-corrected chi connectivity index (χ2v) is 6.84. The number of carbonyl (C=O) groups is 1. The number of rotatable bonds is 5. The van der Waals surface area contributed by atoms with Gasteiger partial charge < -0.3 is 5.11 Å². The second-order valence-electron chi connectivity index (χ2n) is 3.90. The fourth-order valence-electron chi connectivity index (χ4n) is 1.41. The van der Waals surface area contributed by atoms with Gasteiger partial charge in [-0.1, -0.05) is 11.6 Å². The summed E-state index contributed by atoms with van der Waals surface area (Å²) in [7, 11) is -3.97. The Labute approximate surface area is 128 Å². The lowest BCUT2D eigenvalue weighted by atomic mass is 10.3. The zero-order chi connectivity index (χ0) is 15.6. The van der Waals surface area contributed by atoms with Crippen LogP contribution in [0.3, 0.4) is 0 Å². The number of sulfonamides is 1. The van der Waals surface area contributed by atoms with Crippen molar-refractivity contribution in [1.29, 1.82) is 0 Å². The van der Waals surface area contributed by atoms with Crippen LogP contribution >= 0.6 is 22.9 Å². The van der Waals surface area contributed by atoms with Gasteiger partial charge in [-0.25, -0.2) is 17.8 Å². The van der Waals surface area contributed by atoms with Crippen LogP contribution < -0.4 is 4.72 Å². The summed E-state index contributed by atoms with van der Waals surface area (Å²) in [6.45, 7) is 0. The van der Waals surface area contributed by atoms with E-state index in [1.165, 1.54) is 5.38 Å². The molecule has 2 aromatic rings. The smallest absolute Gasteiger partial charge is 0.309 e. The van der Waals surface area contributed by atoms with Crippen molar-refractivity contribution in [3.05, 3.63) is 40.1 Å². The number of aliphatic carboxylic acids is 1. The molecule has 2 rings (SSSR count). The third-order valence-electron chi connectivity index (χ3n) is 2.31. The zero-order valence-electron chi connectivity index (χ0n) is 10.2. The third kappa shape index (κ3) is 3.90. The first-order chi connectivity index (χ1) is 9.78. The van der Waals surface area contributed by atoms with Gasteiger partial charge in [-0.05, 0) is 18.2 Å². The monoisotopic (exact) mass is 350 g/mol. The van der Waals surface area contributed by atoms with Crippen molar-refractivity contribution in [2.45, 2.75) is 11.3 Å². The molecule has 10 heteroatoms. The maximum Gasteiger partial charge on any atom is 0.309 e. The Morgan fingerprint density at radius 3 is 2.81 bits per heavy atom. The highest BCUT2D eigenvalue weighted by atomic mass is 35.5. The Morgan fingerprint density at radius 2 is 2.19 bits per heavy atom. The molecule has 0 bridgehead atoms. The zero-order valence-corrected chi connectivity index (χ0v) is 12.6. The topological polar surface area (TPSA) is 96.4 Å². The van der Waals surface area contributed by atoms with Gasteiger partial charge in [-0.2, -0.15) is 0 Å². The molecule has 0 amide bonds. The van der Waals surface area contributed by atoms with E-state index in [9.17, 15) is 17.6 Å². The van der Waals surface area contributed by atoms with Crippen molar-refractivity contribution in [1.82, 2.24) is 4.98 Å². The third-order valence-corrected chi connectivity index (χ3v) is 4.87. The molecule has 2 N–H and O–H groups in total. The fourth-order valence-corrected chi connectivity index (χ4v) is 3.64.